The normalized spacial score (nSPS) is 12.8. The minimum Gasteiger partial charge on any atom is -0.493 e. The molecule has 2 aromatic carbocycles. The summed E-state index contributed by atoms with van der Waals surface area (Å²) in [6.45, 7) is 2.39. The maximum atomic E-state index is 13.0. The van der Waals surface area contributed by atoms with Gasteiger partial charge in [0, 0.05) is 30.9 Å². The molecular formula is C22H24N2O5. The highest BCUT2D eigenvalue weighted by Crippen LogP contribution is 2.32. The van der Waals surface area contributed by atoms with Gasteiger partial charge in [0.05, 0.1) is 25.3 Å². The molecule has 3 amide bonds. The minimum absolute atomic E-state index is 0.276. The minimum atomic E-state index is -0.345. The first-order valence-corrected chi connectivity index (χ1v) is 9.43. The van der Waals surface area contributed by atoms with E-state index in [1.165, 1.54) is 23.0 Å². The van der Waals surface area contributed by atoms with Crippen molar-refractivity contribution >= 4 is 23.4 Å². The molecule has 0 fully saturated rings. The second-order valence-corrected chi connectivity index (χ2v) is 6.78. The van der Waals surface area contributed by atoms with Crippen LogP contribution >= 0.6 is 0 Å². The fourth-order valence-corrected chi connectivity index (χ4v) is 3.29. The average Bonchev–Trinajstić information content (AvgIpc) is 2.99. The number of rotatable bonds is 7. The van der Waals surface area contributed by atoms with Gasteiger partial charge in [-0.15, -0.1) is 0 Å². The Hall–Kier alpha value is -3.35. The van der Waals surface area contributed by atoms with E-state index in [-0.39, 0.29) is 23.3 Å². The molecule has 0 N–H and O–H groups in total. The Morgan fingerprint density at radius 3 is 2.31 bits per heavy atom. The molecule has 0 atom stereocenters. The van der Waals surface area contributed by atoms with Crippen LogP contribution in [-0.4, -0.2) is 50.4 Å². The lowest BCUT2D eigenvalue weighted by atomic mass is 10.0. The van der Waals surface area contributed by atoms with Crippen LogP contribution in [0.5, 0.6) is 11.5 Å². The summed E-state index contributed by atoms with van der Waals surface area (Å²) < 4.78 is 10.5. The Morgan fingerprint density at radius 1 is 0.966 bits per heavy atom. The van der Waals surface area contributed by atoms with Crippen molar-refractivity contribution in [3.05, 3.63) is 53.1 Å². The van der Waals surface area contributed by atoms with Crippen molar-refractivity contribution in [3.63, 3.8) is 0 Å². The maximum Gasteiger partial charge on any atom is 0.261 e. The molecule has 29 heavy (non-hydrogen) atoms. The molecule has 2 aromatic rings. The van der Waals surface area contributed by atoms with Crippen molar-refractivity contribution in [1.29, 1.82) is 0 Å². The number of benzene rings is 2. The number of imide groups is 1. The van der Waals surface area contributed by atoms with E-state index in [9.17, 15) is 14.4 Å². The molecule has 0 saturated heterocycles. The lowest BCUT2D eigenvalue weighted by Gasteiger charge is -2.19. The molecule has 0 aromatic heterocycles. The van der Waals surface area contributed by atoms with E-state index in [1.54, 1.807) is 44.5 Å². The summed E-state index contributed by atoms with van der Waals surface area (Å²) >= 11 is 0. The standard InChI is InChI=1S/C22H24N2O5/c1-5-6-11-24-21(26)16-9-7-14(12-17(16)22(24)27)20(25)23(2)15-8-10-18(28-3)19(13-15)29-4/h7-10,12-13H,5-6,11H2,1-4H3. The van der Waals surface area contributed by atoms with E-state index in [0.717, 1.165) is 12.8 Å². The van der Waals surface area contributed by atoms with Gasteiger partial charge in [0.15, 0.2) is 11.5 Å². The zero-order valence-electron chi connectivity index (χ0n) is 17.0. The van der Waals surface area contributed by atoms with Crippen LogP contribution in [0.15, 0.2) is 36.4 Å². The summed E-state index contributed by atoms with van der Waals surface area (Å²) in [4.78, 5) is 40.8. The molecule has 7 nitrogen and oxygen atoms in total. The topological polar surface area (TPSA) is 76.2 Å². The smallest absolute Gasteiger partial charge is 0.261 e. The molecule has 0 bridgehead atoms. The van der Waals surface area contributed by atoms with Crippen molar-refractivity contribution in [2.75, 3.05) is 32.7 Å². The number of hydrogen-bond donors (Lipinski definition) is 0. The van der Waals surface area contributed by atoms with Crippen molar-refractivity contribution in [2.24, 2.45) is 0 Å². The average molecular weight is 396 g/mol. The van der Waals surface area contributed by atoms with Crippen molar-refractivity contribution in [1.82, 2.24) is 4.90 Å². The highest BCUT2D eigenvalue weighted by Gasteiger charge is 2.35. The van der Waals surface area contributed by atoms with Crippen LogP contribution in [0.4, 0.5) is 5.69 Å². The lowest BCUT2D eigenvalue weighted by Crippen LogP contribution is -2.30. The number of nitrogens with zero attached hydrogens (tertiary/aromatic N) is 2. The number of fused-ring (bicyclic) bond motifs is 1. The fraction of sp³-hybridized carbons (Fsp3) is 0.318. The summed E-state index contributed by atoms with van der Waals surface area (Å²) in [5, 5.41) is 0. The first-order valence-electron chi connectivity index (χ1n) is 9.43. The second kappa shape index (κ2) is 8.34. The largest absolute Gasteiger partial charge is 0.493 e. The predicted molar refractivity (Wildman–Crippen MR) is 109 cm³/mol. The van der Waals surface area contributed by atoms with Gasteiger partial charge in [0.1, 0.15) is 0 Å². The van der Waals surface area contributed by atoms with E-state index in [1.807, 2.05) is 6.92 Å². The summed E-state index contributed by atoms with van der Waals surface area (Å²) in [7, 11) is 4.70. The van der Waals surface area contributed by atoms with Crippen LogP contribution in [-0.2, 0) is 0 Å². The van der Waals surface area contributed by atoms with E-state index in [2.05, 4.69) is 0 Å². The number of hydrogen-bond acceptors (Lipinski definition) is 5. The van der Waals surface area contributed by atoms with Crippen LogP contribution in [0, 0.1) is 0 Å². The molecule has 0 spiro atoms. The van der Waals surface area contributed by atoms with Crippen LogP contribution in [0.1, 0.15) is 50.8 Å². The van der Waals surface area contributed by atoms with E-state index in [0.29, 0.717) is 34.9 Å². The van der Waals surface area contributed by atoms with Crippen molar-refractivity contribution < 1.29 is 23.9 Å². The molecule has 0 unspecified atom stereocenters. The molecule has 0 radical (unpaired) electrons. The van der Waals surface area contributed by atoms with E-state index in [4.69, 9.17) is 9.47 Å². The molecule has 0 aliphatic carbocycles. The number of anilines is 1. The summed E-state index contributed by atoms with van der Waals surface area (Å²) in [5.74, 6) is 0.122. The van der Waals surface area contributed by atoms with Gasteiger partial charge in [0.25, 0.3) is 17.7 Å². The van der Waals surface area contributed by atoms with Gasteiger partial charge < -0.3 is 14.4 Å². The van der Waals surface area contributed by atoms with E-state index >= 15 is 0 Å². The number of ether oxygens (including phenoxy) is 2. The third-order valence-corrected chi connectivity index (χ3v) is 5.01. The highest BCUT2D eigenvalue weighted by atomic mass is 16.5. The quantitative estimate of drug-likeness (QED) is 0.671. The first kappa shape index (κ1) is 20.4. The summed E-state index contributed by atoms with van der Waals surface area (Å²) in [6, 6.07) is 9.79. The van der Waals surface area contributed by atoms with Gasteiger partial charge in [0.2, 0.25) is 0 Å². The Bertz CT molecular complexity index is 970. The Balaban J connectivity index is 1.87. The Morgan fingerprint density at radius 2 is 1.66 bits per heavy atom. The van der Waals surface area contributed by atoms with Gasteiger partial charge >= 0.3 is 0 Å². The van der Waals surface area contributed by atoms with Gasteiger partial charge in [-0.3, -0.25) is 19.3 Å². The molecule has 152 valence electrons. The Labute approximate surface area is 169 Å². The predicted octanol–water partition coefficient (Wildman–Crippen LogP) is 3.38. The third kappa shape index (κ3) is 3.68. The monoisotopic (exact) mass is 396 g/mol. The number of methoxy groups -OCH3 is 2. The fourth-order valence-electron chi connectivity index (χ4n) is 3.29. The first-order chi connectivity index (χ1) is 13.9. The molecule has 7 heteroatoms. The zero-order valence-corrected chi connectivity index (χ0v) is 17.0. The van der Waals surface area contributed by atoms with Crippen LogP contribution < -0.4 is 14.4 Å². The van der Waals surface area contributed by atoms with Crippen molar-refractivity contribution in [3.8, 4) is 11.5 Å². The number of amides is 3. The molecule has 1 aliphatic rings. The number of carbonyl (C=O) groups excluding carboxylic acids is 3. The highest BCUT2D eigenvalue weighted by molar-refractivity contribution is 6.22. The van der Waals surface area contributed by atoms with Crippen LogP contribution in [0.2, 0.25) is 0 Å². The second-order valence-electron chi connectivity index (χ2n) is 6.78. The SMILES string of the molecule is CCCCN1C(=O)c2ccc(C(=O)N(C)c3ccc(OC)c(OC)c3)cc2C1=O. The lowest BCUT2D eigenvalue weighted by molar-refractivity contribution is 0.0652. The van der Waals surface area contributed by atoms with E-state index < -0.39 is 0 Å². The molecule has 3 rings (SSSR count). The van der Waals surface area contributed by atoms with Gasteiger partial charge in [-0.05, 0) is 36.8 Å². The molecular weight excluding hydrogens is 372 g/mol. The summed E-state index contributed by atoms with van der Waals surface area (Å²) in [5.41, 5.74) is 1.56. The van der Waals surface area contributed by atoms with Crippen LogP contribution in [0.3, 0.4) is 0 Å². The van der Waals surface area contributed by atoms with Crippen LogP contribution in [0.25, 0.3) is 0 Å². The third-order valence-electron chi connectivity index (χ3n) is 5.01. The Kier molecular flexibility index (Phi) is 5.87. The molecule has 1 aliphatic heterocycles. The van der Waals surface area contributed by atoms with Gasteiger partial charge in [-0.2, -0.15) is 0 Å². The number of unbranched alkanes of at least 4 members (excludes halogenated alkanes) is 1. The van der Waals surface area contributed by atoms with Crippen molar-refractivity contribution in [2.45, 2.75) is 19.8 Å². The van der Waals surface area contributed by atoms with Gasteiger partial charge in [-0.25, -0.2) is 0 Å². The maximum absolute atomic E-state index is 13.0. The zero-order chi connectivity index (χ0) is 21.1. The summed E-state index contributed by atoms with van der Waals surface area (Å²) in [6.07, 6.45) is 1.63. The van der Waals surface area contributed by atoms with Gasteiger partial charge in [-0.1, -0.05) is 13.3 Å². The molecule has 1 heterocycles. The molecule has 0 saturated carbocycles. The number of carbonyl (C=O) groups is 3.